The van der Waals surface area contributed by atoms with Gasteiger partial charge in [0.15, 0.2) is 0 Å². The van der Waals surface area contributed by atoms with E-state index in [1.165, 1.54) is 43.1 Å². The molecule has 0 spiro atoms. The van der Waals surface area contributed by atoms with Crippen molar-refractivity contribution in [1.82, 2.24) is 19.9 Å². The van der Waals surface area contributed by atoms with Crippen LogP contribution in [0.15, 0.2) is 122 Å². The minimum atomic E-state index is 0. The summed E-state index contributed by atoms with van der Waals surface area (Å²) in [6, 6.07) is 33.5. The van der Waals surface area contributed by atoms with E-state index in [-0.39, 0.29) is 20.1 Å². The first-order chi connectivity index (χ1) is 17.9. The molecule has 0 amide bonds. The number of nitrogens with zero attached hydrogens (tertiary/aromatic N) is 4. The quantitative estimate of drug-likeness (QED) is 0.157. The zero-order chi connectivity index (χ0) is 23.9. The van der Waals surface area contributed by atoms with E-state index in [4.69, 9.17) is 0 Å². The fraction of sp³-hybridized carbons (Fsp3) is 0. The van der Waals surface area contributed by atoms with Gasteiger partial charge in [-0.15, -0.1) is 0 Å². The van der Waals surface area contributed by atoms with Gasteiger partial charge in [-0.2, -0.15) is 0 Å². The van der Waals surface area contributed by atoms with Crippen LogP contribution in [0.25, 0.3) is 65.2 Å². The molecule has 0 bridgehead atoms. The molecule has 0 aliphatic rings. The molecule has 0 N–H and O–H groups in total. The van der Waals surface area contributed by atoms with E-state index in [0.29, 0.717) is 0 Å². The van der Waals surface area contributed by atoms with Crippen molar-refractivity contribution in [3.8, 4) is 0 Å². The van der Waals surface area contributed by atoms with Crippen LogP contribution in [0.1, 0.15) is 0 Å². The van der Waals surface area contributed by atoms with Gasteiger partial charge in [0.25, 0.3) is 0 Å². The average Bonchev–Trinajstić information content (AvgIpc) is 2.98. The Balaban J connectivity index is 0.000000133. The van der Waals surface area contributed by atoms with Crippen molar-refractivity contribution >= 4 is 65.2 Å². The second-order valence-electron chi connectivity index (χ2n) is 8.69. The molecule has 0 atom stereocenters. The maximum absolute atomic E-state index is 4.50. The van der Waals surface area contributed by atoms with Gasteiger partial charge in [0.2, 0.25) is 0 Å². The van der Waals surface area contributed by atoms with Crippen LogP contribution in [0.2, 0.25) is 0 Å². The summed E-state index contributed by atoms with van der Waals surface area (Å²) in [5.74, 6) is 0. The first-order valence-corrected chi connectivity index (χ1v) is 11.9. The van der Waals surface area contributed by atoms with E-state index in [2.05, 4.69) is 92.7 Å². The summed E-state index contributed by atoms with van der Waals surface area (Å²) >= 11 is 0. The number of benzene rings is 6. The van der Waals surface area contributed by atoms with Gasteiger partial charge in [0, 0.05) is 66.4 Å². The molecule has 6 aromatic carbocycles. The van der Waals surface area contributed by atoms with Gasteiger partial charge in [0.05, 0.1) is 22.1 Å². The van der Waals surface area contributed by atoms with Crippen LogP contribution >= 0.6 is 0 Å². The SMILES string of the molecule is [Ir].c1ccc2c(c1)c1ccccc1c1nccnc21.c1ccc2c(c1)c1ccccc1c1nccnc21. The normalized spacial score (nSPS) is 11.0. The molecule has 8 aromatic rings. The number of aromatic nitrogens is 4. The van der Waals surface area contributed by atoms with Gasteiger partial charge in [-0.25, -0.2) is 0 Å². The van der Waals surface area contributed by atoms with Crippen LogP contribution in [0.5, 0.6) is 0 Å². The van der Waals surface area contributed by atoms with Crippen molar-refractivity contribution in [2.45, 2.75) is 0 Å². The fourth-order valence-corrected chi connectivity index (χ4v) is 5.16. The Labute approximate surface area is 226 Å². The Morgan fingerprint density at radius 2 is 0.459 bits per heavy atom. The minimum absolute atomic E-state index is 0. The molecule has 4 nitrogen and oxygen atoms in total. The van der Waals surface area contributed by atoms with Crippen LogP contribution in [0.4, 0.5) is 0 Å². The topological polar surface area (TPSA) is 51.6 Å². The molecule has 1 radical (unpaired) electrons. The molecule has 0 saturated heterocycles. The van der Waals surface area contributed by atoms with Crippen LogP contribution in [0, 0.1) is 0 Å². The van der Waals surface area contributed by atoms with Gasteiger partial charge in [-0.3, -0.25) is 19.9 Å². The minimum Gasteiger partial charge on any atom is -0.252 e. The van der Waals surface area contributed by atoms with Gasteiger partial charge in [0.1, 0.15) is 0 Å². The summed E-state index contributed by atoms with van der Waals surface area (Å²) in [7, 11) is 0. The standard InChI is InChI=1S/2C16H10N2.Ir/c2*1-3-7-13-11(5-1)12-6-2-4-8-14(12)16-15(13)17-9-10-18-16;/h2*1-10H;. The molecule has 8 rings (SSSR count). The summed E-state index contributed by atoms with van der Waals surface area (Å²) in [5.41, 5.74) is 3.91. The Morgan fingerprint density at radius 3 is 0.676 bits per heavy atom. The Bertz CT molecular complexity index is 1480. The molecular formula is C32H20IrN4. The summed E-state index contributed by atoms with van der Waals surface area (Å²) < 4.78 is 0. The summed E-state index contributed by atoms with van der Waals surface area (Å²) in [6.07, 6.45) is 7.01. The van der Waals surface area contributed by atoms with Crippen LogP contribution in [-0.4, -0.2) is 19.9 Å². The van der Waals surface area contributed by atoms with Crippen molar-refractivity contribution in [3.05, 3.63) is 122 Å². The average molecular weight is 653 g/mol. The molecule has 37 heavy (non-hydrogen) atoms. The van der Waals surface area contributed by atoms with E-state index in [9.17, 15) is 0 Å². The van der Waals surface area contributed by atoms with E-state index in [0.717, 1.165) is 22.1 Å². The predicted octanol–water partition coefficient (Wildman–Crippen LogP) is 7.87. The summed E-state index contributed by atoms with van der Waals surface area (Å²) in [5, 5.41) is 9.61. The third kappa shape index (κ3) is 3.80. The maximum atomic E-state index is 4.50. The van der Waals surface area contributed by atoms with E-state index in [1.54, 1.807) is 24.8 Å². The van der Waals surface area contributed by atoms with Crippen LogP contribution in [-0.2, 0) is 20.1 Å². The van der Waals surface area contributed by atoms with Crippen LogP contribution < -0.4 is 0 Å². The molecule has 0 fully saturated rings. The van der Waals surface area contributed by atoms with Crippen molar-refractivity contribution in [2.24, 2.45) is 0 Å². The van der Waals surface area contributed by atoms with Gasteiger partial charge < -0.3 is 0 Å². The Hall–Kier alpha value is -4.31. The van der Waals surface area contributed by atoms with Crippen molar-refractivity contribution in [2.75, 3.05) is 0 Å². The third-order valence-electron chi connectivity index (χ3n) is 6.71. The Morgan fingerprint density at radius 1 is 0.270 bits per heavy atom. The smallest absolute Gasteiger partial charge is 0.0971 e. The van der Waals surface area contributed by atoms with Crippen molar-refractivity contribution in [1.29, 1.82) is 0 Å². The second kappa shape index (κ2) is 9.62. The first kappa shape index (κ1) is 23.1. The van der Waals surface area contributed by atoms with Gasteiger partial charge in [-0.1, -0.05) is 97.1 Å². The van der Waals surface area contributed by atoms with Crippen molar-refractivity contribution < 1.29 is 20.1 Å². The molecule has 2 aromatic heterocycles. The first-order valence-electron chi connectivity index (χ1n) is 11.9. The molecule has 0 unspecified atom stereocenters. The number of fused-ring (bicyclic) bond motifs is 12. The van der Waals surface area contributed by atoms with Crippen molar-refractivity contribution in [3.63, 3.8) is 0 Å². The van der Waals surface area contributed by atoms with Crippen LogP contribution in [0.3, 0.4) is 0 Å². The third-order valence-corrected chi connectivity index (χ3v) is 6.71. The summed E-state index contributed by atoms with van der Waals surface area (Å²) in [6.45, 7) is 0. The van der Waals surface area contributed by atoms with E-state index < -0.39 is 0 Å². The molecule has 2 heterocycles. The zero-order valence-electron chi connectivity index (χ0n) is 19.7. The molecule has 0 aliphatic heterocycles. The summed E-state index contributed by atoms with van der Waals surface area (Å²) in [4.78, 5) is 18.0. The maximum Gasteiger partial charge on any atom is 0.0971 e. The molecule has 177 valence electrons. The fourth-order valence-electron chi connectivity index (χ4n) is 5.16. The largest absolute Gasteiger partial charge is 0.252 e. The molecule has 0 aliphatic carbocycles. The van der Waals surface area contributed by atoms with Gasteiger partial charge >= 0.3 is 0 Å². The second-order valence-corrected chi connectivity index (χ2v) is 8.69. The molecule has 5 heteroatoms. The number of hydrogen-bond acceptors (Lipinski definition) is 4. The predicted molar refractivity (Wildman–Crippen MR) is 149 cm³/mol. The number of rotatable bonds is 0. The van der Waals surface area contributed by atoms with E-state index in [1.807, 2.05) is 24.3 Å². The Kier molecular flexibility index (Phi) is 6.01. The van der Waals surface area contributed by atoms with E-state index >= 15 is 0 Å². The van der Waals surface area contributed by atoms with Gasteiger partial charge in [-0.05, 0) is 21.5 Å². The molecule has 0 saturated carbocycles. The molecular weight excluding hydrogens is 633 g/mol. The monoisotopic (exact) mass is 653 g/mol. The zero-order valence-corrected chi connectivity index (χ0v) is 22.1. The number of hydrogen-bond donors (Lipinski definition) is 0.